The number of phenols is 2. The van der Waals surface area contributed by atoms with Gasteiger partial charge in [-0.25, -0.2) is 0 Å². The van der Waals surface area contributed by atoms with Gasteiger partial charge in [0, 0.05) is 12.0 Å². The molecule has 0 heterocycles. The van der Waals surface area contributed by atoms with Gasteiger partial charge in [0.2, 0.25) is 0 Å². The molecule has 0 saturated carbocycles. The molecule has 0 aliphatic carbocycles. The van der Waals surface area contributed by atoms with Crippen molar-refractivity contribution in [1.29, 1.82) is 0 Å². The van der Waals surface area contributed by atoms with Gasteiger partial charge in [-0.05, 0) is 18.2 Å². The quantitative estimate of drug-likeness (QED) is 0.441. The summed E-state index contributed by atoms with van der Waals surface area (Å²) in [6.45, 7) is 0.0249. The van der Waals surface area contributed by atoms with Crippen molar-refractivity contribution in [3.63, 3.8) is 0 Å². The van der Waals surface area contributed by atoms with E-state index in [1.165, 1.54) is 12.1 Å². The summed E-state index contributed by atoms with van der Waals surface area (Å²) < 4.78 is 0. The maximum absolute atomic E-state index is 9.09. The third-order valence-corrected chi connectivity index (χ3v) is 1.44. The van der Waals surface area contributed by atoms with Crippen LogP contribution >= 0.6 is 0 Å². The van der Waals surface area contributed by atoms with Crippen molar-refractivity contribution in [2.24, 2.45) is 0 Å². The fraction of sp³-hybridized carbons (Fsp3) is 0.200. The molecular weight excluding hydrogens is 168 g/mol. The summed E-state index contributed by atoms with van der Waals surface area (Å²) in [6.07, 6.45) is 0.404. The molecule has 0 spiro atoms. The molecule has 68 valence electrons. The largest absolute Gasteiger partial charge is 0.504 e. The number of hydrogen-bond donors (Lipinski definition) is 3. The zero-order chi connectivity index (χ0) is 9.68. The summed E-state index contributed by atoms with van der Waals surface area (Å²) in [5.41, 5.74) is 0.615. The lowest BCUT2D eigenvalue weighted by atomic mass is 10.2. The highest BCUT2D eigenvalue weighted by Crippen LogP contribution is 2.24. The van der Waals surface area contributed by atoms with Gasteiger partial charge in [-0.15, -0.1) is 0 Å². The van der Waals surface area contributed by atoms with Crippen molar-refractivity contribution in [3.8, 4) is 23.3 Å². The SMILES string of the molecule is OCCC#Cc1ccc(O)c(O)c1. The van der Waals surface area contributed by atoms with E-state index in [4.69, 9.17) is 15.3 Å². The second-order valence-corrected chi connectivity index (χ2v) is 2.48. The molecule has 0 aliphatic heterocycles. The maximum atomic E-state index is 9.09. The zero-order valence-electron chi connectivity index (χ0n) is 6.99. The van der Waals surface area contributed by atoms with Crippen LogP contribution < -0.4 is 0 Å². The van der Waals surface area contributed by atoms with Gasteiger partial charge in [0.05, 0.1) is 6.61 Å². The first-order valence-corrected chi connectivity index (χ1v) is 3.86. The van der Waals surface area contributed by atoms with Crippen LogP contribution in [0.5, 0.6) is 11.5 Å². The first-order valence-electron chi connectivity index (χ1n) is 3.86. The molecule has 0 radical (unpaired) electrons. The molecule has 3 N–H and O–H groups in total. The van der Waals surface area contributed by atoms with Crippen molar-refractivity contribution < 1.29 is 15.3 Å². The third kappa shape index (κ3) is 2.69. The van der Waals surface area contributed by atoms with Gasteiger partial charge in [0.1, 0.15) is 0 Å². The lowest BCUT2D eigenvalue weighted by molar-refractivity contribution is 0.305. The Morgan fingerprint density at radius 1 is 1.15 bits per heavy atom. The fourth-order valence-electron chi connectivity index (χ4n) is 0.822. The van der Waals surface area contributed by atoms with Crippen molar-refractivity contribution in [2.45, 2.75) is 6.42 Å². The Morgan fingerprint density at radius 2 is 1.92 bits per heavy atom. The molecule has 0 atom stereocenters. The van der Waals surface area contributed by atoms with Gasteiger partial charge in [0.25, 0.3) is 0 Å². The van der Waals surface area contributed by atoms with Crippen LogP contribution in [-0.2, 0) is 0 Å². The van der Waals surface area contributed by atoms with E-state index in [2.05, 4.69) is 11.8 Å². The molecule has 13 heavy (non-hydrogen) atoms. The second-order valence-electron chi connectivity index (χ2n) is 2.48. The second kappa shape index (κ2) is 4.39. The van der Waals surface area contributed by atoms with Crippen LogP contribution in [0, 0.1) is 11.8 Å². The van der Waals surface area contributed by atoms with Crippen molar-refractivity contribution in [2.75, 3.05) is 6.61 Å². The molecular formula is C10H10O3. The van der Waals surface area contributed by atoms with Crippen LogP contribution in [0.1, 0.15) is 12.0 Å². The molecule has 0 saturated heterocycles. The van der Waals surface area contributed by atoms with E-state index >= 15 is 0 Å². The zero-order valence-corrected chi connectivity index (χ0v) is 6.99. The van der Waals surface area contributed by atoms with Gasteiger partial charge >= 0.3 is 0 Å². The molecule has 1 rings (SSSR count). The molecule has 3 heteroatoms. The lowest BCUT2D eigenvalue weighted by Gasteiger charge is -1.96. The molecule has 0 aliphatic rings. The molecule has 0 fully saturated rings. The Kier molecular flexibility index (Phi) is 3.18. The molecule has 0 bridgehead atoms. The van der Waals surface area contributed by atoms with E-state index in [9.17, 15) is 0 Å². The van der Waals surface area contributed by atoms with Crippen LogP contribution in [0.25, 0.3) is 0 Å². The third-order valence-electron chi connectivity index (χ3n) is 1.44. The van der Waals surface area contributed by atoms with E-state index in [0.29, 0.717) is 12.0 Å². The Labute approximate surface area is 76.3 Å². The predicted molar refractivity (Wildman–Crippen MR) is 48.4 cm³/mol. The van der Waals surface area contributed by atoms with Crippen LogP contribution in [-0.4, -0.2) is 21.9 Å². The minimum atomic E-state index is -0.184. The highest BCUT2D eigenvalue weighted by molar-refractivity contribution is 5.46. The molecule has 1 aromatic rings. The summed E-state index contributed by atoms with van der Waals surface area (Å²) >= 11 is 0. The van der Waals surface area contributed by atoms with E-state index < -0.39 is 0 Å². The van der Waals surface area contributed by atoms with Crippen LogP contribution in [0.15, 0.2) is 18.2 Å². The maximum Gasteiger partial charge on any atom is 0.158 e. The molecule has 1 aromatic carbocycles. The van der Waals surface area contributed by atoms with Gasteiger partial charge in [-0.1, -0.05) is 11.8 Å². The van der Waals surface area contributed by atoms with E-state index in [-0.39, 0.29) is 18.1 Å². The van der Waals surface area contributed by atoms with Crippen molar-refractivity contribution in [1.82, 2.24) is 0 Å². The lowest BCUT2D eigenvalue weighted by Crippen LogP contribution is -1.78. The number of hydrogen-bond acceptors (Lipinski definition) is 3. The smallest absolute Gasteiger partial charge is 0.158 e. The van der Waals surface area contributed by atoms with Crippen LogP contribution in [0.2, 0.25) is 0 Å². The molecule has 0 unspecified atom stereocenters. The highest BCUT2D eigenvalue weighted by Gasteiger charge is 1.97. The Bertz CT molecular complexity index is 347. The summed E-state index contributed by atoms with van der Waals surface area (Å²) in [6, 6.07) is 4.34. The molecule has 3 nitrogen and oxygen atoms in total. The first-order chi connectivity index (χ1) is 6.24. The van der Waals surface area contributed by atoms with E-state index in [0.717, 1.165) is 0 Å². The standard InChI is InChI=1S/C10H10O3/c11-6-2-1-3-8-4-5-9(12)10(13)7-8/h4-5,7,11-13H,2,6H2. The fourth-order valence-corrected chi connectivity index (χ4v) is 0.822. The number of benzene rings is 1. The van der Waals surface area contributed by atoms with Gasteiger partial charge in [0.15, 0.2) is 11.5 Å². The van der Waals surface area contributed by atoms with Gasteiger partial charge < -0.3 is 15.3 Å². The minimum Gasteiger partial charge on any atom is -0.504 e. The number of aliphatic hydroxyl groups excluding tert-OH is 1. The monoisotopic (exact) mass is 178 g/mol. The Hall–Kier alpha value is -1.66. The molecule has 0 aromatic heterocycles. The number of aromatic hydroxyl groups is 2. The van der Waals surface area contributed by atoms with Crippen molar-refractivity contribution >= 4 is 0 Å². The summed E-state index contributed by atoms with van der Waals surface area (Å²) in [7, 11) is 0. The normalized spacial score (nSPS) is 9.00. The van der Waals surface area contributed by atoms with Crippen LogP contribution in [0.4, 0.5) is 0 Å². The summed E-state index contributed by atoms with van der Waals surface area (Å²) in [5.74, 6) is 5.09. The Balaban J connectivity index is 2.81. The topological polar surface area (TPSA) is 60.7 Å². The average molecular weight is 178 g/mol. The number of phenolic OH excluding ortho intramolecular Hbond substituents is 2. The summed E-state index contributed by atoms with van der Waals surface area (Å²) in [4.78, 5) is 0. The number of aliphatic hydroxyl groups is 1. The van der Waals surface area contributed by atoms with Gasteiger partial charge in [-0.2, -0.15) is 0 Å². The average Bonchev–Trinajstić information content (AvgIpc) is 2.12. The predicted octanol–water partition coefficient (Wildman–Crippen LogP) is 0.832. The Morgan fingerprint density at radius 3 is 2.54 bits per heavy atom. The summed E-state index contributed by atoms with van der Waals surface area (Å²) in [5, 5.41) is 26.5. The molecule has 0 amide bonds. The number of rotatable bonds is 1. The van der Waals surface area contributed by atoms with Gasteiger partial charge in [-0.3, -0.25) is 0 Å². The van der Waals surface area contributed by atoms with Crippen LogP contribution in [0.3, 0.4) is 0 Å². The highest BCUT2D eigenvalue weighted by atomic mass is 16.3. The first kappa shape index (κ1) is 9.43. The van der Waals surface area contributed by atoms with E-state index in [1.807, 2.05) is 0 Å². The van der Waals surface area contributed by atoms with E-state index in [1.54, 1.807) is 6.07 Å². The van der Waals surface area contributed by atoms with Crippen molar-refractivity contribution in [3.05, 3.63) is 23.8 Å². The minimum absolute atomic E-state index is 0.0249.